The van der Waals surface area contributed by atoms with Gasteiger partial charge >= 0.3 is 0 Å². The number of aliphatic hydroxyl groups is 1. The molecule has 4 rings (SSSR count). The van der Waals surface area contributed by atoms with Gasteiger partial charge in [0.25, 0.3) is 0 Å². The first-order valence-corrected chi connectivity index (χ1v) is 11.9. The van der Waals surface area contributed by atoms with Gasteiger partial charge in [-0.05, 0) is 59.7 Å². The summed E-state index contributed by atoms with van der Waals surface area (Å²) in [4.78, 5) is 0. The molecule has 0 aliphatic carbocycles. The van der Waals surface area contributed by atoms with Crippen LogP contribution < -0.4 is 4.74 Å². The Labute approximate surface area is 213 Å². The van der Waals surface area contributed by atoms with Gasteiger partial charge < -0.3 is 9.84 Å². The minimum absolute atomic E-state index is 0.0642. The lowest BCUT2D eigenvalue weighted by Crippen LogP contribution is -2.00. The summed E-state index contributed by atoms with van der Waals surface area (Å²) in [5, 5.41) is 9.63. The maximum Gasteiger partial charge on any atom is 0.201 e. The Balaban J connectivity index is 1.46. The van der Waals surface area contributed by atoms with Crippen LogP contribution in [0, 0.1) is 23.3 Å². The standard InChI is InChI=1S/C31H26F4O2/c1-3-18-37-27-17-16-26(30(34)31(27)35)22-7-4-20(5-8-22)6-9-24-14-15-25(29(33)28(24)32)23-12-10-21(11-13-23)19(2)36/h3-5,7-8,10-17,19,36H,1,6,9,18H2,2H3. The zero-order chi connectivity index (χ0) is 26.5. The summed E-state index contributed by atoms with van der Waals surface area (Å²) < 4.78 is 63.7. The Morgan fingerprint density at radius 2 is 1.30 bits per heavy atom. The van der Waals surface area contributed by atoms with E-state index >= 15 is 0 Å². The van der Waals surface area contributed by atoms with Gasteiger partial charge in [-0.1, -0.05) is 73.3 Å². The van der Waals surface area contributed by atoms with E-state index in [0.717, 1.165) is 5.56 Å². The van der Waals surface area contributed by atoms with Crippen molar-refractivity contribution in [1.82, 2.24) is 0 Å². The van der Waals surface area contributed by atoms with Crippen molar-refractivity contribution in [2.45, 2.75) is 25.9 Å². The van der Waals surface area contributed by atoms with Crippen LogP contribution in [0.5, 0.6) is 5.75 Å². The van der Waals surface area contributed by atoms with Crippen molar-refractivity contribution >= 4 is 0 Å². The predicted molar refractivity (Wildman–Crippen MR) is 137 cm³/mol. The summed E-state index contributed by atoms with van der Waals surface area (Å²) in [6.45, 7) is 5.18. The Kier molecular flexibility index (Phi) is 8.09. The fourth-order valence-electron chi connectivity index (χ4n) is 4.09. The SMILES string of the molecule is C=CCOc1ccc(-c2ccc(CCc3ccc(-c4ccc(C(C)O)cc4)c(F)c3F)cc2)c(F)c1F. The van der Waals surface area contributed by atoms with Crippen LogP contribution in [0.15, 0.2) is 85.5 Å². The second-order valence-corrected chi connectivity index (χ2v) is 8.73. The van der Waals surface area contributed by atoms with Crippen molar-refractivity contribution in [2.75, 3.05) is 6.61 Å². The fourth-order valence-corrected chi connectivity index (χ4v) is 4.09. The van der Waals surface area contributed by atoms with Crippen molar-refractivity contribution in [3.63, 3.8) is 0 Å². The largest absolute Gasteiger partial charge is 0.486 e. The highest BCUT2D eigenvalue weighted by Crippen LogP contribution is 2.31. The molecule has 0 amide bonds. The highest BCUT2D eigenvalue weighted by Gasteiger charge is 2.17. The molecule has 0 fully saturated rings. The third-order valence-electron chi connectivity index (χ3n) is 6.22. The zero-order valence-electron chi connectivity index (χ0n) is 20.3. The summed E-state index contributed by atoms with van der Waals surface area (Å²) in [6.07, 6.45) is 1.50. The highest BCUT2D eigenvalue weighted by atomic mass is 19.2. The molecule has 0 heterocycles. The average molecular weight is 507 g/mol. The third-order valence-corrected chi connectivity index (χ3v) is 6.22. The smallest absolute Gasteiger partial charge is 0.201 e. The second kappa shape index (κ2) is 11.4. The third kappa shape index (κ3) is 5.75. The van der Waals surface area contributed by atoms with Crippen LogP contribution >= 0.6 is 0 Å². The number of aryl methyl sites for hydroxylation is 2. The lowest BCUT2D eigenvalue weighted by Gasteiger charge is -2.11. The first-order chi connectivity index (χ1) is 17.8. The van der Waals surface area contributed by atoms with E-state index in [1.807, 2.05) is 0 Å². The number of hydrogen-bond acceptors (Lipinski definition) is 2. The van der Waals surface area contributed by atoms with E-state index in [4.69, 9.17) is 4.74 Å². The lowest BCUT2D eigenvalue weighted by atomic mass is 9.97. The fraction of sp³-hybridized carbons (Fsp3) is 0.161. The van der Waals surface area contributed by atoms with E-state index in [2.05, 4.69) is 6.58 Å². The van der Waals surface area contributed by atoms with Crippen molar-refractivity contribution in [3.05, 3.63) is 125 Å². The second-order valence-electron chi connectivity index (χ2n) is 8.73. The number of ether oxygens (including phenoxy) is 1. The summed E-state index contributed by atoms with van der Waals surface area (Å²) in [5.74, 6) is -4.08. The summed E-state index contributed by atoms with van der Waals surface area (Å²) in [5.41, 5.74) is 3.03. The molecule has 0 bridgehead atoms. The first-order valence-electron chi connectivity index (χ1n) is 11.9. The van der Waals surface area contributed by atoms with E-state index < -0.39 is 29.4 Å². The Hall–Kier alpha value is -3.90. The van der Waals surface area contributed by atoms with Crippen molar-refractivity contribution < 1.29 is 27.4 Å². The molecule has 0 aliphatic rings. The number of aliphatic hydroxyl groups excluding tert-OH is 1. The van der Waals surface area contributed by atoms with E-state index in [9.17, 15) is 22.7 Å². The van der Waals surface area contributed by atoms with Gasteiger partial charge in [0.15, 0.2) is 23.2 Å². The van der Waals surface area contributed by atoms with Crippen LogP contribution in [0.2, 0.25) is 0 Å². The number of halogens is 4. The molecule has 0 aromatic heterocycles. The quantitative estimate of drug-likeness (QED) is 0.184. The summed E-state index contributed by atoms with van der Waals surface area (Å²) in [6, 6.07) is 19.4. The molecule has 0 aliphatic heterocycles. The molecule has 1 unspecified atom stereocenters. The maximum atomic E-state index is 14.8. The van der Waals surface area contributed by atoms with Gasteiger partial charge in [-0.25, -0.2) is 13.2 Å². The molecule has 2 nitrogen and oxygen atoms in total. The van der Waals surface area contributed by atoms with Crippen LogP contribution in [0.4, 0.5) is 17.6 Å². The molecule has 0 radical (unpaired) electrons. The molecule has 0 saturated heterocycles. The van der Waals surface area contributed by atoms with Gasteiger partial charge in [-0.3, -0.25) is 0 Å². The minimum atomic E-state index is -1.07. The number of benzene rings is 4. The first kappa shape index (κ1) is 26.2. The van der Waals surface area contributed by atoms with Crippen LogP contribution in [0.3, 0.4) is 0 Å². The van der Waals surface area contributed by atoms with E-state index in [-0.39, 0.29) is 35.5 Å². The van der Waals surface area contributed by atoms with Crippen molar-refractivity contribution in [1.29, 1.82) is 0 Å². The molecular formula is C31H26F4O2. The molecule has 6 heteroatoms. The summed E-state index contributed by atoms with van der Waals surface area (Å²) >= 11 is 0. The Morgan fingerprint density at radius 3 is 1.89 bits per heavy atom. The molecule has 1 atom stereocenters. The minimum Gasteiger partial charge on any atom is -0.486 e. The van der Waals surface area contributed by atoms with Gasteiger partial charge in [-0.2, -0.15) is 4.39 Å². The summed E-state index contributed by atoms with van der Waals surface area (Å²) in [7, 11) is 0. The Morgan fingerprint density at radius 1 is 0.730 bits per heavy atom. The van der Waals surface area contributed by atoms with E-state index in [1.54, 1.807) is 67.6 Å². The van der Waals surface area contributed by atoms with Gasteiger partial charge in [0.05, 0.1) is 6.10 Å². The number of hydrogen-bond donors (Lipinski definition) is 1. The molecule has 1 N–H and O–H groups in total. The van der Waals surface area contributed by atoms with Crippen LogP contribution in [0.25, 0.3) is 22.3 Å². The topological polar surface area (TPSA) is 29.5 Å². The zero-order valence-corrected chi connectivity index (χ0v) is 20.3. The van der Waals surface area contributed by atoms with E-state index in [0.29, 0.717) is 23.1 Å². The molecule has 4 aromatic carbocycles. The Bertz CT molecular complexity index is 1390. The molecule has 4 aromatic rings. The lowest BCUT2D eigenvalue weighted by molar-refractivity contribution is 0.199. The van der Waals surface area contributed by atoms with Gasteiger partial charge in [0.1, 0.15) is 6.61 Å². The predicted octanol–water partition coefficient (Wildman–Crippen LogP) is 7.98. The van der Waals surface area contributed by atoms with Crippen LogP contribution in [-0.2, 0) is 12.8 Å². The molecular weight excluding hydrogens is 480 g/mol. The normalized spacial score (nSPS) is 11.8. The monoisotopic (exact) mass is 506 g/mol. The van der Waals surface area contributed by atoms with Gasteiger partial charge in [0.2, 0.25) is 5.82 Å². The van der Waals surface area contributed by atoms with Gasteiger partial charge in [0, 0.05) is 11.1 Å². The van der Waals surface area contributed by atoms with E-state index in [1.165, 1.54) is 18.2 Å². The highest BCUT2D eigenvalue weighted by molar-refractivity contribution is 5.66. The van der Waals surface area contributed by atoms with Crippen LogP contribution in [-0.4, -0.2) is 11.7 Å². The molecule has 0 saturated carbocycles. The molecule has 37 heavy (non-hydrogen) atoms. The average Bonchev–Trinajstić information content (AvgIpc) is 2.91. The van der Waals surface area contributed by atoms with Crippen molar-refractivity contribution in [2.24, 2.45) is 0 Å². The van der Waals surface area contributed by atoms with Gasteiger partial charge in [-0.15, -0.1) is 0 Å². The number of rotatable bonds is 9. The molecule has 190 valence electrons. The molecule has 0 spiro atoms. The maximum absolute atomic E-state index is 14.8. The van der Waals surface area contributed by atoms with Crippen LogP contribution in [0.1, 0.15) is 29.7 Å². The van der Waals surface area contributed by atoms with Crippen molar-refractivity contribution in [3.8, 4) is 28.0 Å².